The van der Waals surface area contributed by atoms with Gasteiger partial charge >= 0.3 is 5.97 Å². The molecule has 18 heavy (non-hydrogen) atoms. The summed E-state index contributed by atoms with van der Waals surface area (Å²) >= 11 is 0. The smallest absolute Gasteiger partial charge is 0.333 e. The Balaban J connectivity index is 3.37. The van der Waals surface area contributed by atoms with Crippen LogP contribution in [0.1, 0.15) is 13.8 Å². The molecule has 5 heteroatoms. The summed E-state index contributed by atoms with van der Waals surface area (Å²) in [6, 6.07) is 0. The Morgan fingerprint density at radius 2 is 1.94 bits per heavy atom. The number of carbonyl (C=O) groups is 1. The summed E-state index contributed by atoms with van der Waals surface area (Å²) < 4.78 is 20.4. The predicted molar refractivity (Wildman–Crippen MR) is 68.2 cm³/mol. The maximum Gasteiger partial charge on any atom is 0.333 e. The molecule has 0 N–H and O–H groups in total. The second-order valence-electron chi connectivity index (χ2n) is 3.71. The van der Waals surface area contributed by atoms with Crippen LogP contribution in [0.5, 0.6) is 0 Å². The maximum absolute atomic E-state index is 11.1. The third-order valence-corrected chi connectivity index (χ3v) is 1.89. The molecule has 0 saturated carbocycles. The SMILES string of the molecule is C=COCCOCCOC(C)COC(=O)C(=C)C. The van der Waals surface area contributed by atoms with Crippen molar-refractivity contribution in [1.82, 2.24) is 0 Å². The summed E-state index contributed by atoms with van der Waals surface area (Å²) in [4.78, 5) is 11.1. The molecule has 0 aliphatic carbocycles. The molecule has 0 bridgehead atoms. The highest BCUT2D eigenvalue weighted by Crippen LogP contribution is 1.97. The Morgan fingerprint density at radius 3 is 2.56 bits per heavy atom. The van der Waals surface area contributed by atoms with Crippen molar-refractivity contribution in [2.45, 2.75) is 20.0 Å². The van der Waals surface area contributed by atoms with Crippen molar-refractivity contribution in [3.63, 3.8) is 0 Å². The summed E-state index contributed by atoms with van der Waals surface area (Å²) in [5.41, 5.74) is 0.382. The van der Waals surface area contributed by atoms with Gasteiger partial charge in [-0.15, -0.1) is 0 Å². The highest BCUT2D eigenvalue weighted by atomic mass is 16.6. The van der Waals surface area contributed by atoms with E-state index in [-0.39, 0.29) is 12.7 Å². The van der Waals surface area contributed by atoms with Crippen LogP contribution in [0.4, 0.5) is 0 Å². The first-order chi connectivity index (χ1) is 8.57. The highest BCUT2D eigenvalue weighted by Gasteiger charge is 2.07. The van der Waals surface area contributed by atoms with Gasteiger partial charge < -0.3 is 18.9 Å². The third kappa shape index (κ3) is 9.86. The lowest BCUT2D eigenvalue weighted by atomic mass is 10.3. The second kappa shape index (κ2) is 10.8. The fourth-order valence-corrected chi connectivity index (χ4v) is 0.965. The molecule has 0 heterocycles. The van der Waals surface area contributed by atoms with Crippen molar-refractivity contribution < 1.29 is 23.7 Å². The zero-order valence-electron chi connectivity index (χ0n) is 11.1. The molecule has 0 aromatic rings. The lowest BCUT2D eigenvalue weighted by Crippen LogP contribution is -2.21. The van der Waals surface area contributed by atoms with Crippen molar-refractivity contribution in [2.24, 2.45) is 0 Å². The zero-order valence-corrected chi connectivity index (χ0v) is 11.1. The first-order valence-corrected chi connectivity index (χ1v) is 5.82. The van der Waals surface area contributed by atoms with Crippen molar-refractivity contribution in [3.8, 4) is 0 Å². The lowest BCUT2D eigenvalue weighted by Gasteiger charge is -2.13. The van der Waals surface area contributed by atoms with E-state index in [0.29, 0.717) is 32.0 Å². The predicted octanol–water partition coefficient (Wildman–Crippen LogP) is 1.69. The molecule has 0 spiro atoms. The first-order valence-electron chi connectivity index (χ1n) is 5.82. The number of hydrogen-bond donors (Lipinski definition) is 0. The highest BCUT2D eigenvalue weighted by molar-refractivity contribution is 5.86. The number of rotatable bonds is 11. The van der Waals surface area contributed by atoms with E-state index in [2.05, 4.69) is 13.2 Å². The molecule has 104 valence electrons. The Labute approximate surface area is 108 Å². The fourth-order valence-electron chi connectivity index (χ4n) is 0.965. The largest absolute Gasteiger partial charge is 0.499 e. The second-order valence-corrected chi connectivity index (χ2v) is 3.71. The molecule has 0 aliphatic rings. The fraction of sp³-hybridized carbons (Fsp3) is 0.615. The summed E-state index contributed by atoms with van der Waals surface area (Å²) in [5, 5.41) is 0. The molecule has 0 saturated heterocycles. The monoisotopic (exact) mass is 258 g/mol. The van der Waals surface area contributed by atoms with E-state index in [1.54, 1.807) is 6.92 Å². The molecule has 0 aromatic carbocycles. The van der Waals surface area contributed by atoms with E-state index in [4.69, 9.17) is 18.9 Å². The van der Waals surface area contributed by atoms with Gasteiger partial charge in [0, 0.05) is 5.57 Å². The van der Waals surface area contributed by atoms with E-state index < -0.39 is 5.97 Å². The van der Waals surface area contributed by atoms with Gasteiger partial charge in [0.05, 0.1) is 32.2 Å². The lowest BCUT2D eigenvalue weighted by molar-refractivity contribution is -0.143. The summed E-state index contributed by atoms with van der Waals surface area (Å²) in [6.45, 7) is 12.4. The van der Waals surface area contributed by atoms with Gasteiger partial charge in [-0.1, -0.05) is 13.2 Å². The van der Waals surface area contributed by atoms with Crippen molar-refractivity contribution in [3.05, 3.63) is 25.0 Å². The van der Waals surface area contributed by atoms with Gasteiger partial charge in [-0.2, -0.15) is 0 Å². The van der Waals surface area contributed by atoms with Crippen molar-refractivity contribution >= 4 is 5.97 Å². The van der Waals surface area contributed by atoms with Crippen LogP contribution in [-0.4, -0.2) is 45.1 Å². The Morgan fingerprint density at radius 1 is 1.28 bits per heavy atom. The molecular weight excluding hydrogens is 236 g/mol. The maximum atomic E-state index is 11.1. The molecule has 5 nitrogen and oxygen atoms in total. The summed E-state index contributed by atoms with van der Waals surface area (Å²) in [5.74, 6) is -0.400. The Hall–Kier alpha value is -1.33. The van der Waals surface area contributed by atoms with E-state index in [0.717, 1.165) is 0 Å². The van der Waals surface area contributed by atoms with Gasteiger partial charge in [-0.25, -0.2) is 4.79 Å². The van der Waals surface area contributed by atoms with Crippen molar-refractivity contribution in [2.75, 3.05) is 33.0 Å². The summed E-state index contributed by atoms with van der Waals surface area (Å²) in [6.07, 6.45) is 1.21. The molecular formula is C13H22O5. The third-order valence-electron chi connectivity index (χ3n) is 1.89. The average molecular weight is 258 g/mol. The number of ether oxygens (including phenoxy) is 4. The average Bonchev–Trinajstić information content (AvgIpc) is 2.34. The van der Waals surface area contributed by atoms with Crippen LogP contribution in [-0.2, 0) is 23.7 Å². The molecule has 0 fully saturated rings. The van der Waals surface area contributed by atoms with Gasteiger partial charge in [0.1, 0.15) is 13.2 Å². The van der Waals surface area contributed by atoms with E-state index in [1.165, 1.54) is 6.26 Å². The van der Waals surface area contributed by atoms with E-state index >= 15 is 0 Å². The van der Waals surface area contributed by atoms with Gasteiger partial charge in [0.2, 0.25) is 0 Å². The van der Waals surface area contributed by atoms with Crippen LogP contribution in [0, 0.1) is 0 Å². The van der Waals surface area contributed by atoms with Crippen LogP contribution in [0.3, 0.4) is 0 Å². The minimum Gasteiger partial charge on any atom is -0.499 e. The molecule has 0 aliphatic heterocycles. The number of esters is 1. The molecule has 0 amide bonds. The van der Waals surface area contributed by atoms with Crippen LogP contribution in [0.25, 0.3) is 0 Å². The molecule has 1 atom stereocenters. The van der Waals surface area contributed by atoms with E-state index in [1.807, 2.05) is 6.92 Å². The van der Waals surface area contributed by atoms with Gasteiger partial charge in [-0.3, -0.25) is 0 Å². The van der Waals surface area contributed by atoms with Crippen LogP contribution in [0.15, 0.2) is 25.0 Å². The minimum atomic E-state index is -0.400. The Kier molecular flexibility index (Phi) is 10.0. The summed E-state index contributed by atoms with van der Waals surface area (Å²) in [7, 11) is 0. The van der Waals surface area contributed by atoms with Crippen molar-refractivity contribution in [1.29, 1.82) is 0 Å². The zero-order chi connectivity index (χ0) is 13.8. The van der Waals surface area contributed by atoms with Gasteiger partial charge in [0.25, 0.3) is 0 Å². The first kappa shape index (κ1) is 16.7. The number of hydrogen-bond acceptors (Lipinski definition) is 5. The molecule has 0 aromatic heterocycles. The standard InChI is InChI=1S/C13H22O5/c1-5-15-6-7-16-8-9-17-12(4)10-18-13(14)11(2)3/h5,12H,1-2,6-10H2,3-4H3. The molecule has 0 radical (unpaired) electrons. The topological polar surface area (TPSA) is 54.0 Å². The van der Waals surface area contributed by atoms with Crippen LogP contribution >= 0.6 is 0 Å². The molecule has 0 rings (SSSR count). The molecule has 1 unspecified atom stereocenters. The van der Waals surface area contributed by atoms with Gasteiger partial charge in [-0.05, 0) is 13.8 Å². The quantitative estimate of drug-likeness (QED) is 0.244. The van der Waals surface area contributed by atoms with E-state index in [9.17, 15) is 4.79 Å². The van der Waals surface area contributed by atoms with Crippen LogP contribution < -0.4 is 0 Å². The normalized spacial score (nSPS) is 11.7. The van der Waals surface area contributed by atoms with Crippen LogP contribution in [0.2, 0.25) is 0 Å². The Bertz CT molecular complexity index is 262. The number of carbonyl (C=O) groups excluding carboxylic acids is 1. The minimum absolute atomic E-state index is 0.165. The van der Waals surface area contributed by atoms with Gasteiger partial charge in [0.15, 0.2) is 0 Å².